The summed E-state index contributed by atoms with van der Waals surface area (Å²) in [5.74, 6) is -0.656. The Morgan fingerprint density at radius 1 is 1.36 bits per heavy atom. The van der Waals surface area contributed by atoms with Crippen LogP contribution in [0.4, 0.5) is 13.2 Å². The van der Waals surface area contributed by atoms with E-state index in [9.17, 15) is 18.0 Å². The number of nitrogens with zero attached hydrogens (tertiary/aromatic N) is 2. The Kier molecular flexibility index (Phi) is 4.67. The first-order valence-corrected chi connectivity index (χ1v) is 7.59. The van der Waals surface area contributed by atoms with Crippen molar-refractivity contribution in [2.45, 2.75) is 25.9 Å². The molecule has 6 nitrogen and oxygen atoms in total. The number of aromatic nitrogens is 2. The van der Waals surface area contributed by atoms with Gasteiger partial charge in [-0.15, -0.1) is 13.2 Å². The number of benzene rings is 1. The minimum absolute atomic E-state index is 0.164. The van der Waals surface area contributed by atoms with E-state index in [1.165, 1.54) is 24.3 Å². The standard InChI is InChI=1S/C16H16F3N3O3/c1-22-13-6-7-24-9-12(13)14(21-22)15(23)20-8-10-2-4-11(5-3-10)25-16(17,18)19/h2-5H,6-9H2,1H3,(H,20,23). The van der Waals surface area contributed by atoms with Crippen molar-refractivity contribution < 1.29 is 27.4 Å². The van der Waals surface area contributed by atoms with Gasteiger partial charge >= 0.3 is 6.36 Å². The molecule has 134 valence electrons. The smallest absolute Gasteiger partial charge is 0.406 e. The second-order valence-corrected chi connectivity index (χ2v) is 5.57. The highest BCUT2D eigenvalue weighted by molar-refractivity contribution is 5.94. The van der Waals surface area contributed by atoms with E-state index in [1.54, 1.807) is 11.7 Å². The molecule has 0 saturated carbocycles. The molecule has 0 spiro atoms. The zero-order valence-corrected chi connectivity index (χ0v) is 13.4. The van der Waals surface area contributed by atoms with Crippen molar-refractivity contribution in [3.05, 3.63) is 46.8 Å². The lowest BCUT2D eigenvalue weighted by molar-refractivity contribution is -0.274. The zero-order chi connectivity index (χ0) is 18.0. The zero-order valence-electron chi connectivity index (χ0n) is 13.4. The van der Waals surface area contributed by atoms with Gasteiger partial charge in [0.2, 0.25) is 0 Å². The first kappa shape index (κ1) is 17.3. The maximum Gasteiger partial charge on any atom is 0.573 e. The average Bonchev–Trinajstić information content (AvgIpc) is 2.90. The second kappa shape index (κ2) is 6.75. The first-order chi connectivity index (χ1) is 11.8. The largest absolute Gasteiger partial charge is 0.573 e. The fourth-order valence-corrected chi connectivity index (χ4v) is 2.67. The number of fused-ring (bicyclic) bond motifs is 1. The number of nitrogens with one attached hydrogen (secondary N) is 1. The Bertz CT molecular complexity index is 769. The highest BCUT2D eigenvalue weighted by Crippen LogP contribution is 2.23. The van der Waals surface area contributed by atoms with Crippen molar-refractivity contribution in [3.63, 3.8) is 0 Å². The summed E-state index contributed by atoms with van der Waals surface area (Å²) < 4.78 is 47.2. The van der Waals surface area contributed by atoms with Crippen LogP contribution in [0.15, 0.2) is 24.3 Å². The van der Waals surface area contributed by atoms with Gasteiger partial charge in [-0.3, -0.25) is 9.48 Å². The van der Waals surface area contributed by atoms with Crippen LogP contribution in [0.3, 0.4) is 0 Å². The number of ether oxygens (including phenoxy) is 2. The fourth-order valence-electron chi connectivity index (χ4n) is 2.67. The molecule has 1 aromatic carbocycles. The Labute approximate surface area is 141 Å². The fraction of sp³-hybridized carbons (Fsp3) is 0.375. The third-order valence-corrected chi connectivity index (χ3v) is 3.83. The summed E-state index contributed by atoms with van der Waals surface area (Å²) in [6, 6.07) is 5.31. The molecule has 25 heavy (non-hydrogen) atoms. The minimum atomic E-state index is -4.73. The third-order valence-electron chi connectivity index (χ3n) is 3.83. The molecular weight excluding hydrogens is 339 g/mol. The summed E-state index contributed by atoms with van der Waals surface area (Å²) in [6.45, 7) is 1.10. The quantitative estimate of drug-likeness (QED) is 0.914. The van der Waals surface area contributed by atoms with Crippen molar-refractivity contribution in [2.24, 2.45) is 7.05 Å². The maximum atomic E-state index is 12.3. The third kappa shape index (κ3) is 4.11. The van der Waals surface area contributed by atoms with Crippen LogP contribution in [0.25, 0.3) is 0 Å². The lowest BCUT2D eigenvalue weighted by atomic mass is 10.1. The van der Waals surface area contributed by atoms with E-state index in [-0.39, 0.29) is 18.2 Å². The van der Waals surface area contributed by atoms with Gasteiger partial charge in [-0.1, -0.05) is 12.1 Å². The highest BCUT2D eigenvalue weighted by atomic mass is 19.4. The molecule has 1 N–H and O–H groups in total. The Morgan fingerprint density at radius 3 is 2.76 bits per heavy atom. The van der Waals surface area contributed by atoms with Crippen molar-refractivity contribution in [3.8, 4) is 5.75 Å². The second-order valence-electron chi connectivity index (χ2n) is 5.57. The van der Waals surface area contributed by atoms with Crippen LogP contribution < -0.4 is 10.1 Å². The van der Waals surface area contributed by atoms with Crippen LogP contribution in [-0.4, -0.2) is 28.7 Å². The Balaban J connectivity index is 1.63. The van der Waals surface area contributed by atoms with Crippen molar-refractivity contribution in [2.75, 3.05) is 6.61 Å². The molecular formula is C16H16F3N3O3. The van der Waals surface area contributed by atoms with E-state index >= 15 is 0 Å². The molecule has 2 aromatic rings. The number of alkyl halides is 3. The number of aryl methyl sites for hydroxylation is 1. The average molecular weight is 355 g/mol. The first-order valence-electron chi connectivity index (χ1n) is 7.59. The number of hydrogen-bond donors (Lipinski definition) is 1. The van der Waals surface area contributed by atoms with Gasteiger partial charge in [0, 0.05) is 31.3 Å². The number of carbonyl (C=O) groups excluding carboxylic acids is 1. The lowest BCUT2D eigenvalue weighted by Crippen LogP contribution is -2.25. The predicted molar refractivity (Wildman–Crippen MR) is 80.9 cm³/mol. The van der Waals surface area contributed by atoms with Crippen molar-refractivity contribution in [1.29, 1.82) is 0 Å². The van der Waals surface area contributed by atoms with Gasteiger partial charge in [-0.25, -0.2) is 0 Å². The van der Waals surface area contributed by atoms with Gasteiger partial charge in [0.15, 0.2) is 5.69 Å². The molecule has 0 saturated heterocycles. The molecule has 1 aliphatic heterocycles. The van der Waals surface area contributed by atoms with E-state index in [2.05, 4.69) is 15.2 Å². The van der Waals surface area contributed by atoms with Gasteiger partial charge in [0.25, 0.3) is 5.91 Å². The van der Waals surface area contributed by atoms with Crippen molar-refractivity contribution in [1.82, 2.24) is 15.1 Å². The molecule has 3 rings (SSSR count). The summed E-state index contributed by atoms with van der Waals surface area (Å²) in [5, 5.41) is 6.95. The normalized spacial score (nSPS) is 14.1. The van der Waals surface area contributed by atoms with E-state index in [0.717, 1.165) is 11.3 Å². The number of halogens is 3. The van der Waals surface area contributed by atoms with Crippen LogP contribution in [0.2, 0.25) is 0 Å². The van der Waals surface area contributed by atoms with Crippen LogP contribution in [0.5, 0.6) is 5.75 Å². The molecule has 2 heterocycles. The Hall–Kier alpha value is -2.55. The molecule has 0 aliphatic carbocycles. The van der Waals surface area contributed by atoms with Gasteiger partial charge in [-0.2, -0.15) is 5.10 Å². The van der Waals surface area contributed by atoms with Gasteiger partial charge in [0.05, 0.1) is 13.2 Å². The summed E-state index contributed by atoms with van der Waals surface area (Å²) in [7, 11) is 1.78. The van der Waals surface area contributed by atoms with Crippen LogP contribution >= 0.6 is 0 Å². The Morgan fingerprint density at radius 2 is 2.08 bits per heavy atom. The molecule has 1 amide bonds. The monoisotopic (exact) mass is 355 g/mol. The number of carbonyl (C=O) groups is 1. The summed E-state index contributed by atoms with van der Waals surface area (Å²) >= 11 is 0. The van der Waals surface area contributed by atoms with Crippen LogP contribution in [-0.2, 0) is 31.4 Å². The van der Waals surface area contributed by atoms with Crippen molar-refractivity contribution >= 4 is 5.91 Å². The SMILES string of the molecule is Cn1nc(C(=O)NCc2ccc(OC(F)(F)F)cc2)c2c1CCOC2. The summed E-state index contributed by atoms with van der Waals surface area (Å²) in [5.41, 5.74) is 2.71. The number of hydrogen-bond acceptors (Lipinski definition) is 4. The van der Waals surface area contributed by atoms with Gasteiger partial charge in [0.1, 0.15) is 5.75 Å². The van der Waals surface area contributed by atoms with Crippen LogP contribution in [0.1, 0.15) is 27.3 Å². The number of rotatable bonds is 4. The molecule has 0 radical (unpaired) electrons. The molecule has 0 bridgehead atoms. The van der Waals surface area contributed by atoms with E-state index in [0.29, 0.717) is 30.9 Å². The molecule has 0 atom stereocenters. The number of amides is 1. The van der Waals surface area contributed by atoms with Gasteiger partial charge in [-0.05, 0) is 17.7 Å². The highest BCUT2D eigenvalue weighted by Gasteiger charge is 2.31. The molecule has 1 aromatic heterocycles. The summed E-state index contributed by atoms with van der Waals surface area (Å²) in [6.07, 6.45) is -4.03. The predicted octanol–water partition coefficient (Wildman–Crippen LogP) is 2.32. The van der Waals surface area contributed by atoms with E-state index < -0.39 is 6.36 Å². The van der Waals surface area contributed by atoms with E-state index in [4.69, 9.17) is 4.74 Å². The molecule has 0 unspecified atom stereocenters. The van der Waals surface area contributed by atoms with Crippen LogP contribution in [0, 0.1) is 0 Å². The topological polar surface area (TPSA) is 65.4 Å². The minimum Gasteiger partial charge on any atom is -0.406 e. The summed E-state index contributed by atoms with van der Waals surface area (Å²) in [4.78, 5) is 12.3. The lowest BCUT2D eigenvalue weighted by Gasteiger charge is -2.13. The van der Waals surface area contributed by atoms with E-state index in [1.807, 2.05) is 0 Å². The van der Waals surface area contributed by atoms with Gasteiger partial charge < -0.3 is 14.8 Å². The molecule has 0 fully saturated rings. The molecule has 1 aliphatic rings. The maximum absolute atomic E-state index is 12.3. The molecule has 9 heteroatoms.